The van der Waals surface area contributed by atoms with Crippen LogP contribution in [-0.4, -0.2) is 107 Å². The van der Waals surface area contributed by atoms with Crippen molar-refractivity contribution in [1.29, 1.82) is 15.8 Å². The molecule has 0 radical (unpaired) electrons. The summed E-state index contributed by atoms with van der Waals surface area (Å²) in [5.74, 6) is -2.08. The van der Waals surface area contributed by atoms with Gasteiger partial charge in [0.15, 0.2) is 45.9 Å². The van der Waals surface area contributed by atoms with Crippen molar-refractivity contribution < 1.29 is 56.0 Å². The SMILES string of the molecule is CCCCCCCCCCCCCCCCCCOC[C@H](COP(=O)(Oc1cccc(C[C@]2(C#N)O[C@@H](c3ccc4c(N)ncnn34)C3OC(C)(C)OC32)c1Cl)Oc1cccc(C[C@]2(C#N)O[C@@H](c3ccc4c(N)ncnn34)C3OC(C)(C)OC32)c1Cl)OCc1ccc(C#N)nc1. The number of nitrogens with two attached hydrogens (primary N) is 2. The first-order valence-electron chi connectivity index (χ1n) is 33.6. The molecule has 27 heteroatoms. The second-order valence-corrected chi connectivity index (χ2v) is 28.5. The van der Waals surface area contributed by atoms with Gasteiger partial charge in [-0.05, 0) is 93.3 Å². The Morgan fingerprint density at radius 2 is 1.07 bits per heavy atom. The van der Waals surface area contributed by atoms with Crippen LogP contribution >= 0.6 is 31.0 Å². The van der Waals surface area contributed by atoms with Gasteiger partial charge in [-0.1, -0.05) is 157 Å². The van der Waals surface area contributed by atoms with E-state index in [4.69, 9.17) is 86.1 Å². The third-order valence-electron chi connectivity index (χ3n) is 18.1. The number of aromatic nitrogens is 7. The molecule has 97 heavy (non-hydrogen) atoms. The van der Waals surface area contributed by atoms with Crippen LogP contribution in [0.15, 0.2) is 91.6 Å². The molecule has 2 aromatic carbocycles. The lowest BCUT2D eigenvalue weighted by Gasteiger charge is -2.30. The second-order valence-electron chi connectivity index (χ2n) is 26.2. The molecule has 4 fully saturated rings. The molecule has 0 aliphatic carbocycles. The number of phosphoric ester groups is 1. The van der Waals surface area contributed by atoms with Gasteiger partial charge < -0.3 is 58.4 Å². The van der Waals surface area contributed by atoms with Gasteiger partial charge in [0.05, 0.1) is 41.3 Å². The van der Waals surface area contributed by atoms with E-state index in [1.165, 1.54) is 108 Å². The van der Waals surface area contributed by atoms with Crippen molar-refractivity contribution in [2.24, 2.45) is 0 Å². The normalized spacial score (nSPS) is 24.0. The highest BCUT2D eigenvalue weighted by molar-refractivity contribution is 7.49. The maximum atomic E-state index is 16.0. The van der Waals surface area contributed by atoms with Crippen LogP contribution < -0.4 is 20.5 Å². The van der Waals surface area contributed by atoms with Crippen LogP contribution in [0.25, 0.3) is 11.0 Å². The number of nitriles is 3. The molecule has 4 N–H and O–H groups in total. The summed E-state index contributed by atoms with van der Waals surface area (Å²) in [7, 11) is -5.01. The van der Waals surface area contributed by atoms with E-state index in [-0.39, 0.29) is 64.9 Å². The van der Waals surface area contributed by atoms with Gasteiger partial charge in [0, 0.05) is 25.6 Å². The monoisotopic (exact) mass is 1390 g/mol. The average molecular weight is 1390 g/mol. The topological polar surface area (TPSA) is 315 Å². The summed E-state index contributed by atoms with van der Waals surface area (Å²) in [5.41, 5.74) is 12.7. The van der Waals surface area contributed by atoms with E-state index >= 15 is 4.57 Å². The molecule has 4 aliphatic rings. The summed E-state index contributed by atoms with van der Waals surface area (Å²) in [4.78, 5) is 12.5. The van der Waals surface area contributed by atoms with Crippen molar-refractivity contribution >= 4 is 53.7 Å². The molecule has 4 saturated heterocycles. The highest BCUT2D eigenvalue weighted by atomic mass is 35.5. The predicted octanol–water partition coefficient (Wildman–Crippen LogP) is 14.1. The van der Waals surface area contributed by atoms with Crippen LogP contribution in [0.3, 0.4) is 0 Å². The number of anilines is 2. The van der Waals surface area contributed by atoms with Gasteiger partial charge in [-0.15, -0.1) is 0 Å². The Labute approximate surface area is 575 Å². The van der Waals surface area contributed by atoms with Gasteiger partial charge in [0.1, 0.15) is 90.3 Å². The van der Waals surface area contributed by atoms with Gasteiger partial charge in [0.25, 0.3) is 0 Å². The molecule has 0 bridgehead atoms. The van der Waals surface area contributed by atoms with Crippen LogP contribution in [0, 0.1) is 34.0 Å². The van der Waals surface area contributed by atoms with Crippen LogP contribution in [0.1, 0.15) is 183 Å². The van der Waals surface area contributed by atoms with Crippen LogP contribution in [0.5, 0.6) is 11.5 Å². The van der Waals surface area contributed by atoms with Gasteiger partial charge in [0.2, 0.25) is 0 Å². The lowest BCUT2D eigenvalue weighted by Crippen LogP contribution is -2.44. The number of hydrogen-bond acceptors (Lipinski definition) is 22. The maximum Gasteiger partial charge on any atom is 0.587 e. The summed E-state index contributed by atoms with van der Waals surface area (Å²) in [5, 5.41) is 40.7. The predicted molar refractivity (Wildman–Crippen MR) is 360 cm³/mol. The van der Waals surface area contributed by atoms with Crippen LogP contribution in [-0.2, 0) is 66.4 Å². The van der Waals surface area contributed by atoms with E-state index in [0.717, 1.165) is 25.7 Å². The molecule has 0 saturated carbocycles. The number of phosphoric acid groups is 1. The highest BCUT2D eigenvalue weighted by Crippen LogP contribution is 2.57. The first-order valence-corrected chi connectivity index (χ1v) is 35.8. The van der Waals surface area contributed by atoms with Crippen molar-refractivity contribution in [3.05, 3.63) is 135 Å². The van der Waals surface area contributed by atoms with Crippen molar-refractivity contribution in [2.45, 2.75) is 222 Å². The summed E-state index contributed by atoms with van der Waals surface area (Å²) in [6, 6.07) is 26.8. The fourth-order valence-corrected chi connectivity index (χ4v) is 15.2. The van der Waals surface area contributed by atoms with Gasteiger partial charge in [-0.2, -0.15) is 26.0 Å². The molecule has 4 unspecified atom stereocenters. The Morgan fingerprint density at radius 1 is 0.598 bits per heavy atom. The number of halogens is 2. The molecule has 24 nitrogen and oxygen atoms in total. The number of pyridine rings is 1. The Kier molecular flexibility index (Phi) is 23.1. The summed E-state index contributed by atoms with van der Waals surface area (Å²) >= 11 is 14.7. The standard InChI is InChI=1S/C70H85Cl2N12O12P/c1-6-7-8-9-10-11-12-13-14-15-16-17-18-19-20-21-34-86-40-50(87-39-46-28-29-49(37-73)78-38-46)41-88-97(85,95-55-26-22-24-47(57(55)71)35-69(42-74)63-61(89-67(2,3)93-63)59(91-69)51-30-32-53-65(76)79-44-81-83(51)53)96-56-27-23-25-48(58(56)72)36-70(43-75)64-62(90-68(4,5)94-64)60(92-70)52-31-33-54-66(77)80-45-82-84(52)54/h22-33,38,44-45,50,59-64H,6-21,34-36,39-41H2,1-5H3,(H2,76,79,81)(H2,77,80,82)/t50-,59+,60+,61?,62?,63?,64?,69-,70-,97?/m1/s1. The number of rotatable bonds is 35. The highest BCUT2D eigenvalue weighted by Gasteiger charge is 2.66. The maximum absolute atomic E-state index is 16.0. The van der Waals surface area contributed by atoms with Crippen molar-refractivity contribution in [3.63, 3.8) is 0 Å². The van der Waals surface area contributed by atoms with Crippen LogP contribution in [0.4, 0.5) is 11.6 Å². The smallest absolute Gasteiger partial charge is 0.393 e. The van der Waals surface area contributed by atoms with E-state index < -0.39 is 79.9 Å². The third kappa shape index (κ3) is 16.5. The number of fused-ring (bicyclic) bond motifs is 4. The number of unbranched alkanes of at least 4 members (excludes halogenated alkanes) is 15. The van der Waals surface area contributed by atoms with Crippen LogP contribution in [0.2, 0.25) is 10.0 Å². The third-order valence-corrected chi connectivity index (χ3v) is 20.3. The molecular formula is C70H85Cl2N12O12P. The average Bonchev–Trinajstić information content (AvgIpc) is 1.57. The van der Waals surface area contributed by atoms with Gasteiger partial charge >= 0.3 is 7.82 Å². The molecule has 5 aromatic heterocycles. The minimum absolute atomic E-state index is 0.0115. The fourth-order valence-electron chi connectivity index (χ4n) is 13.3. The molecule has 11 rings (SSSR count). The minimum Gasteiger partial charge on any atom is -0.393 e. The number of benzene rings is 2. The quantitative estimate of drug-likeness (QED) is 0.0275. The van der Waals surface area contributed by atoms with E-state index in [1.807, 2.05) is 6.07 Å². The lowest BCUT2D eigenvalue weighted by atomic mass is 9.88. The molecular weight excluding hydrogens is 1300 g/mol. The zero-order valence-electron chi connectivity index (χ0n) is 55.5. The molecule has 4 aliphatic heterocycles. The Balaban J connectivity index is 0.836. The molecule has 9 atom stereocenters. The van der Waals surface area contributed by atoms with Crippen molar-refractivity contribution in [1.82, 2.24) is 34.2 Å². The lowest BCUT2D eigenvalue weighted by molar-refractivity contribution is -0.200. The second kappa shape index (κ2) is 31.4. The van der Waals surface area contributed by atoms with Gasteiger partial charge in [-0.3, -0.25) is 4.52 Å². The van der Waals surface area contributed by atoms with E-state index in [2.05, 4.69) is 44.2 Å². The Hall–Kier alpha value is -7.05. The van der Waals surface area contributed by atoms with Gasteiger partial charge in [-0.25, -0.2) is 28.5 Å². The number of nitrogen functional groups attached to an aromatic ring is 2. The summed E-state index contributed by atoms with van der Waals surface area (Å²) < 4.78 is 90.5. The first-order chi connectivity index (χ1) is 46.8. The minimum atomic E-state index is -5.01. The molecule has 516 valence electrons. The largest absolute Gasteiger partial charge is 0.587 e. The molecule has 7 aromatic rings. The van der Waals surface area contributed by atoms with E-state index in [9.17, 15) is 15.8 Å². The fraction of sp³-hybridized carbons (Fsp3) is 0.543. The van der Waals surface area contributed by atoms with E-state index in [0.29, 0.717) is 45.7 Å². The number of ether oxygens (including phenoxy) is 8. The zero-order valence-corrected chi connectivity index (χ0v) is 57.9. The zero-order chi connectivity index (χ0) is 68.4. The Morgan fingerprint density at radius 3 is 1.52 bits per heavy atom. The summed E-state index contributed by atoms with van der Waals surface area (Å²) in [6.07, 6.45) is 17.5. The van der Waals surface area contributed by atoms with Crippen molar-refractivity contribution in [3.8, 4) is 29.7 Å². The van der Waals surface area contributed by atoms with Crippen molar-refractivity contribution in [2.75, 3.05) is 31.3 Å². The Bertz CT molecular complexity index is 3830. The number of nitrogens with zero attached hydrogens (tertiary/aromatic N) is 10. The molecule has 0 amide bonds. The molecule has 0 spiro atoms. The molecule has 9 heterocycles. The first kappa shape index (κ1) is 71.2. The number of hydrogen-bond donors (Lipinski definition) is 2. The summed E-state index contributed by atoms with van der Waals surface area (Å²) in [6.45, 7) is 9.31. The van der Waals surface area contributed by atoms with E-state index in [1.54, 1.807) is 97.4 Å².